The van der Waals surface area contributed by atoms with Crippen LogP contribution in [0.3, 0.4) is 0 Å². The van der Waals surface area contributed by atoms with Crippen LogP contribution in [0, 0.1) is 0 Å². The van der Waals surface area contributed by atoms with Crippen molar-refractivity contribution in [3.05, 3.63) is 58.6 Å². The van der Waals surface area contributed by atoms with Crippen molar-refractivity contribution in [2.24, 2.45) is 0 Å². The number of anilines is 1. The zero-order valence-electron chi connectivity index (χ0n) is 11.6. The first-order chi connectivity index (χ1) is 10.6. The third kappa shape index (κ3) is 3.04. The van der Waals surface area contributed by atoms with Gasteiger partial charge in [-0.15, -0.1) is 0 Å². The van der Waals surface area contributed by atoms with Crippen LogP contribution in [-0.4, -0.2) is 25.0 Å². The van der Waals surface area contributed by atoms with E-state index in [2.05, 4.69) is 10.6 Å². The van der Waals surface area contributed by atoms with E-state index in [9.17, 15) is 9.59 Å². The SMILES string of the molecule is O=C(Nc1ccc2c(c1)C(=O)NCCO2)c1ccc(Cl)cc1. The summed E-state index contributed by atoms with van der Waals surface area (Å²) >= 11 is 5.80. The van der Waals surface area contributed by atoms with Crippen molar-refractivity contribution in [3.63, 3.8) is 0 Å². The second kappa shape index (κ2) is 6.07. The number of halogens is 1. The van der Waals surface area contributed by atoms with Crippen LogP contribution in [-0.2, 0) is 0 Å². The van der Waals surface area contributed by atoms with Gasteiger partial charge in [0.1, 0.15) is 12.4 Å². The maximum Gasteiger partial charge on any atom is 0.255 e. The predicted molar refractivity (Wildman–Crippen MR) is 83.7 cm³/mol. The molecule has 1 aliphatic rings. The molecule has 0 aromatic heterocycles. The zero-order valence-corrected chi connectivity index (χ0v) is 12.3. The molecule has 0 spiro atoms. The van der Waals surface area contributed by atoms with E-state index in [0.717, 1.165) is 0 Å². The second-order valence-corrected chi connectivity index (χ2v) is 5.21. The summed E-state index contributed by atoms with van der Waals surface area (Å²) in [5.74, 6) is 0.0288. The third-order valence-electron chi connectivity index (χ3n) is 3.23. The molecule has 1 heterocycles. The lowest BCUT2D eigenvalue weighted by atomic mass is 10.1. The molecule has 0 fully saturated rings. The van der Waals surface area contributed by atoms with Gasteiger partial charge >= 0.3 is 0 Å². The first-order valence-corrected chi connectivity index (χ1v) is 7.13. The molecule has 2 N–H and O–H groups in total. The molecule has 0 radical (unpaired) electrons. The van der Waals surface area contributed by atoms with Gasteiger partial charge in [-0.1, -0.05) is 11.6 Å². The quantitative estimate of drug-likeness (QED) is 0.895. The fraction of sp³-hybridized carbons (Fsp3) is 0.125. The van der Waals surface area contributed by atoms with E-state index in [-0.39, 0.29) is 11.8 Å². The number of nitrogens with one attached hydrogen (secondary N) is 2. The number of amides is 2. The van der Waals surface area contributed by atoms with Crippen LogP contribution in [0.1, 0.15) is 20.7 Å². The van der Waals surface area contributed by atoms with Crippen LogP contribution < -0.4 is 15.4 Å². The minimum absolute atomic E-state index is 0.213. The molecule has 2 aromatic rings. The first-order valence-electron chi connectivity index (χ1n) is 6.75. The summed E-state index contributed by atoms with van der Waals surface area (Å²) in [6.07, 6.45) is 0. The standard InChI is InChI=1S/C16H13ClN2O3/c17-11-3-1-10(2-4-11)15(20)19-12-5-6-14-13(9-12)16(21)18-7-8-22-14/h1-6,9H,7-8H2,(H,18,21)(H,19,20). The Morgan fingerprint density at radius 3 is 2.73 bits per heavy atom. The second-order valence-electron chi connectivity index (χ2n) is 4.78. The molecule has 0 unspecified atom stereocenters. The Balaban J connectivity index is 1.82. The van der Waals surface area contributed by atoms with E-state index in [4.69, 9.17) is 16.3 Å². The molecule has 2 aromatic carbocycles. The van der Waals surface area contributed by atoms with Crippen molar-refractivity contribution >= 4 is 29.1 Å². The van der Waals surface area contributed by atoms with Crippen LogP contribution in [0.4, 0.5) is 5.69 Å². The molecule has 0 bridgehead atoms. The molecule has 2 amide bonds. The molecular weight excluding hydrogens is 304 g/mol. The summed E-state index contributed by atoms with van der Waals surface area (Å²) in [6, 6.07) is 11.5. The number of carbonyl (C=O) groups is 2. The Morgan fingerprint density at radius 2 is 1.95 bits per heavy atom. The lowest BCUT2D eigenvalue weighted by molar-refractivity contribution is 0.0955. The lowest BCUT2D eigenvalue weighted by Crippen LogP contribution is -2.24. The largest absolute Gasteiger partial charge is 0.491 e. The first kappa shape index (κ1) is 14.4. The molecule has 3 rings (SSSR count). The van der Waals surface area contributed by atoms with Crippen LogP contribution in [0.15, 0.2) is 42.5 Å². The van der Waals surface area contributed by atoms with Gasteiger partial charge in [0.15, 0.2) is 0 Å². The summed E-state index contributed by atoms with van der Waals surface area (Å²) in [6.45, 7) is 0.884. The van der Waals surface area contributed by atoms with E-state index < -0.39 is 0 Å². The highest BCUT2D eigenvalue weighted by molar-refractivity contribution is 6.30. The molecule has 1 aliphatic heterocycles. The summed E-state index contributed by atoms with van der Waals surface area (Å²) in [5, 5.41) is 6.04. The van der Waals surface area contributed by atoms with Crippen LogP contribution in [0.25, 0.3) is 0 Å². The fourth-order valence-electron chi connectivity index (χ4n) is 2.14. The summed E-state index contributed by atoms with van der Waals surface area (Å²) in [5.41, 5.74) is 1.42. The van der Waals surface area contributed by atoms with Crippen LogP contribution >= 0.6 is 11.6 Å². The zero-order chi connectivity index (χ0) is 15.5. The number of ether oxygens (including phenoxy) is 1. The van der Waals surface area contributed by atoms with E-state index in [1.807, 2.05) is 0 Å². The normalized spacial score (nSPS) is 13.4. The van der Waals surface area contributed by atoms with Crippen molar-refractivity contribution in [2.45, 2.75) is 0 Å². The molecule has 112 valence electrons. The topological polar surface area (TPSA) is 67.4 Å². The number of benzene rings is 2. The van der Waals surface area contributed by atoms with Gasteiger partial charge in [-0.25, -0.2) is 0 Å². The summed E-state index contributed by atoms with van der Waals surface area (Å²) in [4.78, 5) is 24.1. The molecule has 0 atom stereocenters. The lowest BCUT2D eigenvalue weighted by Gasteiger charge is -2.09. The van der Waals surface area contributed by atoms with Crippen molar-refractivity contribution in [3.8, 4) is 5.75 Å². The molecule has 0 aliphatic carbocycles. The highest BCUT2D eigenvalue weighted by atomic mass is 35.5. The van der Waals surface area contributed by atoms with Gasteiger partial charge in [0.05, 0.1) is 12.1 Å². The predicted octanol–water partition coefficient (Wildman–Crippen LogP) is 2.71. The van der Waals surface area contributed by atoms with Gasteiger partial charge in [-0.05, 0) is 42.5 Å². The molecular formula is C16H13ClN2O3. The van der Waals surface area contributed by atoms with Gasteiger partial charge in [0.2, 0.25) is 0 Å². The number of rotatable bonds is 2. The average molecular weight is 317 g/mol. The van der Waals surface area contributed by atoms with Gasteiger partial charge < -0.3 is 15.4 Å². The molecule has 0 saturated heterocycles. The fourth-order valence-corrected chi connectivity index (χ4v) is 2.26. The Morgan fingerprint density at radius 1 is 1.18 bits per heavy atom. The van der Waals surface area contributed by atoms with Crippen LogP contribution in [0.2, 0.25) is 5.02 Å². The summed E-state index contributed by atoms with van der Waals surface area (Å²) < 4.78 is 5.47. The van der Waals surface area contributed by atoms with E-state index in [1.54, 1.807) is 42.5 Å². The third-order valence-corrected chi connectivity index (χ3v) is 3.49. The Kier molecular flexibility index (Phi) is 3.98. The van der Waals surface area contributed by atoms with Crippen molar-refractivity contribution in [1.82, 2.24) is 5.32 Å². The van der Waals surface area contributed by atoms with E-state index in [0.29, 0.717) is 40.7 Å². The van der Waals surface area contributed by atoms with Crippen LogP contribution in [0.5, 0.6) is 5.75 Å². The Bertz CT molecular complexity index is 729. The van der Waals surface area contributed by atoms with E-state index in [1.165, 1.54) is 0 Å². The van der Waals surface area contributed by atoms with Gasteiger partial charge in [-0.3, -0.25) is 9.59 Å². The van der Waals surface area contributed by atoms with Crippen molar-refractivity contribution in [1.29, 1.82) is 0 Å². The number of hydrogen-bond acceptors (Lipinski definition) is 3. The molecule has 5 nitrogen and oxygen atoms in total. The van der Waals surface area contributed by atoms with Crippen molar-refractivity contribution < 1.29 is 14.3 Å². The smallest absolute Gasteiger partial charge is 0.255 e. The molecule has 6 heteroatoms. The van der Waals surface area contributed by atoms with Gasteiger partial charge in [0, 0.05) is 16.3 Å². The van der Waals surface area contributed by atoms with Gasteiger partial charge in [-0.2, -0.15) is 0 Å². The minimum Gasteiger partial charge on any atom is -0.491 e. The van der Waals surface area contributed by atoms with E-state index >= 15 is 0 Å². The monoisotopic (exact) mass is 316 g/mol. The highest BCUT2D eigenvalue weighted by Crippen LogP contribution is 2.24. The Labute approximate surface area is 132 Å². The van der Waals surface area contributed by atoms with Crippen molar-refractivity contribution in [2.75, 3.05) is 18.5 Å². The maximum atomic E-state index is 12.2. The number of hydrogen-bond donors (Lipinski definition) is 2. The van der Waals surface area contributed by atoms with Gasteiger partial charge in [0.25, 0.3) is 11.8 Å². The highest BCUT2D eigenvalue weighted by Gasteiger charge is 2.17. The average Bonchev–Trinajstić information content (AvgIpc) is 2.70. The molecule has 22 heavy (non-hydrogen) atoms. The Hall–Kier alpha value is -2.53. The number of carbonyl (C=O) groups excluding carboxylic acids is 2. The summed E-state index contributed by atoms with van der Waals surface area (Å²) in [7, 11) is 0. The maximum absolute atomic E-state index is 12.2. The minimum atomic E-state index is -0.272. The molecule has 0 saturated carbocycles. The number of fused-ring (bicyclic) bond motifs is 1.